The monoisotopic (exact) mass is 488 g/mol. The van der Waals surface area contributed by atoms with Crippen molar-refractivity contribution in [1.29, 1.82) is 0 Å². The highest BCUT2D eigenvalue weighted by Gasteiger charge is 2.25. The lowest BCUT2D eigenvalue weighted by atomic mass is 10.0. The van der Waals surface area contributed by atoms with Gasteiger partial charge in [-0.2, -0.15) is 5.10 Å². The molecule has 186 valence electrons. The van der Waals surface area contributed by atoms with Crippen LogP contribution in [0.25, 0.3) is 28.6 Å². The molecule has 4 aromatic rings. The molecule has 2 aromatic heterocycles. The van der Waals surface area contributed by atoms with Crippen molar-refractivity contribution in [2.75, 3.05) is 19.0 Å². The summed E-state index contributed by atoms with van der Waals surface area (Å²) in [6.07, 6.45) is 3.09. The number of nitrogens with one attached hydrogen (secondary N) is 1. The van der Waals surface area contributed by atoms with Crippen LogP contribution in [0.15, 0.2) is 67.9 Å². The number of rotatable bonds is 10. The Morgan fingerprint density at radius 3 is 2.56 bits per heavy atom. The first-order valence-corrected chi connectivity index (χ1v) is 11.8. The Morgan fingerprint density at radius 2 is 1.92 bits per heavy atom. The summed E-state index contributed by atoms with van der Waals surface area (Å²) in [6, 6.07) is 15.4. The first-order valence-electron chi connectivity index (χ1n) is 11.8. The highest BCUT2D eigenvalue weighted by molar-refractivity contribution is 5.81. The molecule has 36 heavy (non-hydrogen) atoms. The van der Waals surface area contributed by atoms with Gasteiger partial charge in [-0.05, 0) is 47.9 Å². The van der Waals surface area contributed by atoms with Crippen LogP contribution in [-0.2, 0) is 0 Å². The molecule has 0 aliphatic rings. The van der Waals surface area contributed by atoms with Gasteiger partial charge >= 0.3 is 0 Å². The standard InChI is InChI=1S/C29H30F2N4O/c1-6-21-8-9-23(16-19(21)3)27-18-33-28-26(32-15-14-29(30,31)7-2)17-25(34-35(27)28)20(4)22-10-12-24(36-5)13-11-22/h6,8-13,16-18,32H,1,4,7,14-15H2,2-3,5H3. The Kier molecular flexibility index (Phi) is 7.20. The third-order valence-corrected chi connectivity index (χ3v) is 6.32. The molecular weight excluding hydrogens is 458 g/mol. The van der Waals surface area contributed by atoms with Crippen LogP contribution >= 0.6 is 0 Å². The van der Waals surface area contributed by atoms with Crippen molar-refractivity contribution >= 4 is 23.0 Å². The molecule has 1 N–H and O–H groups in total. The Morgan fingerprint density at radius 1 is 1.17 bits per heavy atom. The Hall–Kier alpha value is -4.00. The molecular formula is C29H30F2N4O. The predicted octanol–water partition coefficient (Wildman–Crippen LogP) is 7.27. The van der Waals surface area contributed by atoms with Gasteiger partial charge in [-0.25, -0.2) is 18.3 Å². The predicted molar refractivity (Wildman–Crippen MR) is 143 cm³/mol. The number of imidazole rings is 1. The highest BCUT2D eigenvalue weighted by Crippen LogP contribution is 2.30. The average molecular weight is 489 g/mol. The summed E-state index contributed by atoms with van der Waals surface area (Å²) in [7, 11) is 1.61. The molecule has 0 aliphatic carbocycles. The van der Waals surface area contributed by atoms with Crippen molar-refractivity contribution in [2.45, 2.75) is 32.6 Å². The van der Waals surface area contributed by atoms with E-state index in [9.17, 15) is 8.78 Å². The van der Waals surface area contributed by atoms with Crippen LogP contribution in [0, 0.1) is 6.92 Å². The lowest BCUT2D eigenvalue weighted by molar-refractivity contribution is -0.00780. The number of nitrogens with zero attached hydrogens (tertiary/aromatic N) is 3. The van der Waals surface area contributed by atoms with Gasteiger partial charge in [-0.1, -0.05) is 50.4 Å². The molecule has 0 saturated heterocycles. The number of aromatic nitrogens is 3. The molecule has 0 fully saturated rings. The number of ether oxygens (including phenoxy) is 1. The maximum atomic E-state index is 13.9. The van der Waals surface area contributed by atoms with Crippen LogP contribution in [0.3, 0.4) is 0 Å². The van der Waals surface area contributed by atoms with E-state index in [0.717, 1.165) is 33.7 Å². The molecule has 0 amide bonds. The normalized spacial score (nSPS) is 11.5. The van der Waals surface area contributed by atoms with E-state index in [1.165, 1.54) is 6.92 Å². The van der Waals surface area contributed by atoms with E-state index in [2.05, 4.69) is 29.5 Å². The number of hydrogen-bond donors (Lipinski definition) is 1. The van der Waals surface area contributed by atoms with E-state index in [1.807, 2.05) is 55.5 Å². The number of hydrogen-bond acceptors (Lipinski definition) is 4. The second-order valence-electron chi connectivity index (χ2n) is 8.69. The van der Waals surface area contributed by atoms with Crippen LogP contribution in [0.4, 0.5) is 14.5 Å². The number of anilines is 1. The molecule has 0 spiro atoms. The van der Waals surface area contributed by atoms with E-state index >= 15 is 0 Å². The fourth-order valence-corrected chi connectivity index (χ4v) is 4.00. The van der Waals surface area contributed by atoms with Crippen molar-refractivity contribution in [3.63, 3.8) is 0 Å². The van der Waals surface area contributed by atoms with Crippen molar-refractivity contribution in [1.82, 2.24) is 14.6 Å². The molecule has 4 rings (SSSR count). The minimum absolute atomic E-state index is 0.101. The van der Waals surface area contributed by atoms with Gasteiger partial charge in [0.15, 0.2) is 5.65 Å². The number of benzene rings is 2. The van der Waals surface area contributed by atoms with Crippen molar-refractivity contribution in [3.05, 3.63) is 90.3 Å². The second-order valence-corrected chi connectivity index (χ2v) is 8.69. The van der Waals surface area contributed by atoms with Crippen LogP contribution in [-0.4, -0.2) is 34.2 Å². The summed E-state index contributed by atoms with van der Waals surface area (Å²) in [5, 5.41) is 8.01. The molecule has 0 atom stereocenters. The molecule has 2 heterocycles. The SMILES string of the molecule is C=Cc1ccc(-c2cnc3c(NCCC(F)(F)CC)cc(C(=C)c4ccc(OC)cc4)nn23)cc1C. The summed E-state index contributed by atoms with van der Waals surface area (Å²) >= 11 is 0. The minimum atomic E-state index is -2.73. The van der Waals surface area contributed by atoms with Crippen LogP contribution in [0.1, 0.15) is 42.1 Å². The Balaban J connectivity index is 1.79. The van der Waals surface area contributed by atoms with Gasteiger partial charge in [-0.3, -0.25) is 0 Å². The fourth-order valence-electron chi connectivity index (χ4n) is 4.00. The van der Waals surface area contributed by atoms with Gasteiger partial charge in [0.05, 0.1) is 30.4 Å². The topological polar surface area (TPSA) is 51.5 Å². The summed E-state index contributed by atoms with van der Waals surface area (Å²) in [5.41, 5.74) is 7.21. The maximum absolute atomic E-state index is 13.9. The maximum Gasteiger partial charge on any atom is 0.249 e. The summed E-state index contributed by atoms with van der Waals surface area (Å²) in [6.45, 7) is 11.7. The summed E-state index contributed by atoms with van der Waals surface area (Å²) in [4.78, 5) is 4.58. The molecule has 0 saturated carbocycles. The van der Waals surface area contributed by atoms with Crippen molar-refractivity contribution < 1.29 is 13.5 Å². The highest BCUT2D eigenvalue weighted by atomic mass is 19.3. The fraction of sp³-hybridized carbons (Fsp3) is 0.241. The average Bonchev–Trinajstić information content (AvgIpc) is 3.32. The lowest BCUT2D eigenvalue weighted by Crippen LogP contribution is -2.19. The van der Waals surface area contributed by atoms with E-state index < -0.39 is 5.92 Å². The number of aryl methyl sites for hydroxylation is 1. The zero-order valence-electron chi connectivity index (χ0n) is 20.8. The van der Waals surface area contributed by atoms with Crippen molar-refractivity contribution in [3.8, 4) is 17.0 Å². The van der Waals surface area contributed by atoms with Gasteiger partial charge in [0, 0.05) is 30.5 Å². The molecule has 2 aromatic carbocycles. The van der Waals surface area contributed by atoms with Crippen LogP contribution in [0.2, 0.25) is 0 Å². The Bertz CT molecular complexity index is 1410. The van der Waals surface area contributed by atoms with E-state index in [4.69, 9.17) is 9.84 Å². The van der Waals surface area contributed by atoms with Crippen molar-refractivity contribution in [2.24, 2.45) is 0 Å². The van der Waals surface area contributed by atoms with Crippen LogP contribution in [0.5, 0.6) is 5.75 Å². The first kappa shape index (κ1) is 25.1. The molecule has 0 radical (unpaired) electrons. The number of fused-ring (bicyclic) bond motifs is 1. The van der Waals surface area contributed by atoms with E-state index in [1.54, 1.807) is 17.8 Å². The van der Waals surface area contributed by atoms with Gasteiger partial charge in [-0.15, -0.1) is 0 Å². The van der Waals surface area contributed by atoms with Gasteiger partial charge in [0.2, 0.25) is 5.92 Å². The minimum Gasteiger partial charge on any atom is -0.497 e. The van der Waals surface area contributed by atoms with Crippen LogP contribution < -0.4 is 10.1 Å². The smallest absolute Gasteiger partial charge is 0.249 e. The summed E-state index contributed by atoms with van der Waals surface area (Å²) in [5.74, 6) is -1.99. The third kappa shape index (κ3) is 5.15. The number of methoxy groups -OCH3 is 1. The molecule has 0 aliphatic heterocycles. The zero-order valence-corrected chi connectivity index (χ0v) is 20.8. The summed E-state index contributed by atoms with van der Waals surface area (Å²) < 4.78 is 34.8. The molecule has 0 bridgehead atoms. The third-order valence-electron chi connectivity index (χ3n) is 6.32. The lowest BCUT2D eigenvalue weighted by Gasteiger charge is -2.16. The first-order chi connectivity index (χ1) is 17.3. The Labute approximate surface area is 210 Å². The number of alkyl halides is 2. The van der Waals surface area contributed by atoms with Gasteiger partial charge < -0.3 is 10.1 Å². The van der Waals surface area contributed by atoms with E-state index in [-0.39, 0.29) is 19.4 Å². The second kappa shape index (κ2) is 10.3. The zero-order chi connectivity index (χ0) is 25.9. The molecule has 7 heteroatoms. The van der Waals surface area contributed by atoms with Gasteiger partial charge in [0.25, 0.3) is 0 Å². The molecule has 5 nitrogen and oxygen atoms in total. The molecule has 0 unspecified atom stereocenters. The quantitative estimate of drug-likeness (QED) is 0.255. The van der Waals surface area contributed by atoms with Gasteiger partial charge in [0.1, 0.15) is 5.75 Å². The largest absolute Gasteiger partial charge is 0.497 e. The van der Waals surface area contributed by atoms with E-state index in [0.29, 0.717) is 22.6 Å². The number of halogens is 2.